The minimum absolute atomic E-state index is 0.704. The third-order valence-electron chi connectivity index (χ3n) is 11.5. The molecule has 9 aromatic carbocycles. The van der Waals surface area contributed by atoms with Crippen molar-refractivity contribution in [2.75, 3.05) is 0 Å². The Bertz CT molecular complexity index is 3090. The van der Waals surface area contributed by atoms with E-state index in [-0.39, 0.29) is 0 Å². The highest BCUT2D eigenvalue weighted by Crippen LogP contribution is 2.38. The molecule has 2 heterocycles. The molecule has 0 aliphatic rings. The molecule has 0 fully saturated rings. The van der Waals surface area contributed by atoms with Gasteiger partial charge in [-0.3, -0.25) is 0 Å². The summed E-state index contributed by atoms with van der Waals surface area (Å²) in [5.74, 6) is 0. The monoisotopic (exact) mass is 790 g/mol. The van der Waals surface area contributed by atoms with Crippen LogP contribution in [0.15, 0.2) is 231 Å². The number of hydrogen-bond acceptors (Lipinski definition) is 4. The number of benzene rings is 9. The summed E-state index contributed by atoms with van der Waals surface area (Å²) in [4.78, 5) is 21.8. The lowest BCUT2D eigenvalue weighted by Gasteiger charge is -2.15. The van der Waals surface area contributed by atoms with Crippen LogP contribution in [0.4, 0.5) is 0 Å². The first kappa shape index (κ1) is 36.7. The molecule has 2 aromatic heterocycles. The van der Waals surface area contributed by atoms with Gasteiger partial charge >= 0.3 is 0 Å². The topological polar surface area (TPSA) is 51.6 Å². The summed E-state index contributed by atoms with van der Waals surface area (Å²) in [6, 6.07) is 80.3. The van der Waals surface area contributed by atoms with E-state index < -0.39 is 0 Å². The average Bonchev–Trinajstić information content (AvgIpc) is 3.37. The van der Waals surface area contributed by atoms with Crippen molar-refractivity contribution in [1.82, 2.24) is 19.9 Å². The number of fused-ring (bicyclic) bond motifs is 3. The van der Waals surface area contributed by atoms with E-state index in [1.807, 2.05) is 36.4 Å². The maximum atomic E-state index is 5.50. The van der Waals surface area contributed by atoms with Gasteiger partial charge in [-0.15, -0.1) is 0 Å². The SMILES string of the molecule is c1ccc(-c2ccc(-c3nc4ccc5nc(-c6ccc(-c7ccccc7)cc6)c(-c6ccc(-c7ccccc7)cc6)nc5c4nc3-c3ccc(-c4ccccc4)cc3)cc2)cc1. The van der Waals surface area contributed by atoms with E-state index in [0.717, 1.165) is 89.4 Å². The second-order valence-electron chi connectivity index (χ2n) is 15.4. The first-order valence-electron chi connectivity index (χ1n) is 20.9. The van der Waals surface area contributed by atoms with Crippen LogP contribution in [0.2, 0.25) is 0 Å². The van der Waals surface area contributed by atoms with E-state index in [1.54, 1.807) is 0 Å². The normalized spacial score (nSPS) is 11.2. The highest BCUT2D eigenvalue weighted by molar-refractivity contribution is 6.04. The molecule has 0 radical (unpaired) electrons. The van der Waals surface area contributed by atoms with Crippen LogP contribution < -0.4 is 0 Å². The Hall–Kier alpha value is -8.34. The molecular weight excluding hydrogens is 753 g/mol. The van der Waals surface area contributed by atoms with Gasteiger partial charge < -0.3 is 0 Å². The second kappa shape index (κ2) is 16.0. The van der Waals surface area contributed by atoms with Crippen LogP contribution in [0.3, 0.4) is 0 Å². The fraction of sp³-hybridized carbons (Fsp3) is 0. The van der Waals surface area contributed by atoms with Gasteiger partial charge in [-0.1, -0.05) is 218 Å². The first-order valence-corrected chi connectivity index (χ1v) is 20.9. The van der Waals surface area contributed by atoms with Gasteiger partial charge in [-0.25, -0.2) is 19.9 Å². The Morgan fingerprint density at radius 3 is 0.597 bits per heavy atom. The van der Waals surface area contributed by atoms with E-state index in [0.29, 0.717) is 11.0 Å². The van der Waals surface area contributed by atoms with E-state index in [1.165, 1.54) is 11.1 Å². The Labute approximate surface area is 360 Å². The van der Waals surface area contributed by atoms with Crippen molar-refractivity contribution in [2.24, 2.45) is 0 Å². The maximum absolute atomic E-state index is 5.50. The highest BCUT2D eigenvalue weighted by Gasteiger charge is 2.20. The summed E-state index contributed by atoms with van der Waals surface area (Å²) in [7, 11) is 0. The molecule has 0 spiro atoms. The van der Waals surface area contributed by atoms with Crippen molar-refractivity contribution in [3.63, 3.8) is 0 Å². The van der Waals surface area contributed by atoms with Crippen molar-refractivity contribution in [2.45, 2.75) is 0 Å². The molecule has 11 aromatic rings. The zero-order chi connectivity index (χ0) is 41.2. The van der Waals surface area contributed by atoms with Gasteiger partial charge in [0.1, 0.15) is 11.0 Å². The standard InChI is InChI=1S/C58H38N4/c1-5-13-39(14-6-1)43-21-29-47(30-22-43)53-55(49-33-25-45(26-34-49)41-17-9-3-10-18-41)61-57-51(59-53)37-38-52-58(57)62-56(50-35-27-46(28-36-50)42-19-11-4-12-20-42)54(60-52)48-31-23-44(24-32-48)40-15-7-2-8-16-40/h1-38H. The molecule has 0 amide bonds. The van der Waals surface area contributed by atoms with E-state index in [4.69, 9.17) is 19.9 Å². The van der Waals surface area contributed by atoms with Crippen LogP contribution in [0.1, 0.15) is 0 Å². The van der Waals surface area contributed by atoms with Gasteiger partial charge in [-0.2, -0.15) is 0 Å². The molecule has 4 nitrogen and oxygen atoms in total. The highest BCUT2D eigenvalue weighted by atomic mass is 14.9. The third-order valence-corrected chi connectivity index (χ3v) is 11.5. The van der Waals surface area contributed by atoms with Crippen molar-refractivity contribution in [1.29, 1.82) is 0 Å². The van der Waals surface area contributed by atoms with Gasteiger partial charge in [-0.05, 0) is 56.6 Å². The Morgan fingerprint density at radius 1 is 0.161 bits per heavy atom. The van der Waals surface area contributed by atoms with Crippen LogP contribution in [-0.2, 0) is 0 Å². The lowest BCUT2D eigenvalue weighted by atomic mass is 9.98. The molecule has 290 valence electrons. The fourth-order valence-electron chi connectivity index (χ4n) is 8.25. The quantitative estimate of drug-likeness (QED) is 0.144. The lowest BCUT2D eigenvalue weighted by Crippen LogP contribution is -2.00. The number of hydrogen-bond donors (Lipinski definition) is 0. The molecule has 0 bridgehead atoms. The molecule has 11 rings (SSSR count). The van der Waals surface area contributed by atoms with Crippen molar-refractivity contribution in [3.05, 3.63) is 231 Å². The summed E-state index contributed by atoms with van der Waals surface area (Å²) in [6.45, 7) is 0. The zero-order valence-corrected chi connectivity index (χ0v) is 33.7. The van der Waals surface area contributed by atoms with Gasteiger partial charge in [0.05, 0.1) is 33.8 Å². The number of nitrogens with zero attached hydrogens (tertiary/aromatic N) is 4. The minimum Gasteiger partial charge on any atom is -0.244 e. The molecule has 0 aliphatic heterocycles. The molecule has 0 saturated carbocycles. The van der Waals surface area contributed by atoms with E-state index in [2.05, 4.69) is 194 Å². The summed E-state index contributed by atoms with van der Waals surface area (Å²) in [6.07, 6.45) is 0. The van der Waals surface area contributed by atoms with Crippen LogP contribution in [0, 0.1) is 0 Å². The minimum atomic E-state index is 0.704. The number of aromatic nitrogens is 4. The van der Waals surface area contributed by atoms with Crippen molar-refractivity contribution >= 4 is 22.1 Å². The number of rotatable bonds is 8. The van der Waals surface area contributed by atoms with Gasteiger partial charge in [0.15, 0.2) is 0 Å². The van der Waals surface area contributed by atoms with Gasteiger partial charge in [0.2, 0.25) is 0 Å². The van der Waals surface area contributed by atoms with Gasteiger partial charge in [0, 0.05) is 22.3 Å². The van der Waals surface area contributed by atoms with Crippen molar-refractivity contribution < 1.29 is 0 Å². The molecule has 0 unspecified atom stereocenters. The second-order valence-corrected chi connectivity index (χ2v) is 15.4. The summed E-state index contributed by atoms with van der Waals surface area (Å²) in [5.41, 5.74) is 19.3. The average molecular weight is 791 g/mol. The molecule has 0 atom stereocenters. The molecule has 62 heavy (non-hydrogen) atoms. The molecular formula is C58H38N4. The van der Waals surface area contributed by atoms with Gasteiger partial charge in [0.25, 0.3) is 0 Å². The molecule has 0 N–H and O–H groups in total. The van der Waals surface area contributed by atoms with E-state index in [9.17, 15) is 0 Å². The first-order chi connectivity index (χ1) is 30.7. The smallest absolute Gasteiger partial charge is 0.117 e. The van der Waals surface area contributed by atoms with Crippen LogP contribution in [0.25, 0.3) is 112 Å². The predicted molar refractivity (Wildman–Crippen MR) is 256 cm³/mol. The maximum Gasteiger partial charge on any atom is 0.117 e. The van der Waals surface area contributed by atoms with Crippen molar-refractivity contribution in [3.8, 4) is 89.5 Å². The summed E-state index contributed by atoms with van der Waals surface area (Å²) in [5, 5.41) is 0. The Balaban J connectivity index is 1.09. The summed E-state index contributed by atoms with van der Waals surface area (Å²) < 4.78 is 0. The Kier molecular flexibility index (Phi) is 9.49. The molecule has 0 aliphatic carbocycles. The van der Waals surface area contributed by atoms with Crippen LogP contribution in [-0.4, -0.2) is 19.9 Å². The predicted octanol–water partition coefficient (Wildman–Crippen LogP) is 14.9. The van der Waals surface area contributed by atoms with Crippen LogP contribution in [0.5, 0.6) is 0 Å². The molecule has 4 heteroatoms. The fourth-order valence-corrected chi connectivity index (χ4v) is 8.25. The molecule has 0 saturated heterocycles. The third kappa shape index (κ3) is 7.10. The Morgan fingerprint density at radius 2 is 0.355 bits per heavy atom. The zero-order valence-electron chi connectivity index (χ0n) is 33.7. The lowest BCUT2D eigenvalue weighted by molar-refractivity contribution is 1.26. The summed E-state index contributed by atoms with van der Waals surface area (Å²) >= 11 is 0. The van der Waals surface area contributed by atoms with E-state index >= 15 is 0 Å². The van der Waals surface area contributed by atoms with Crippen LogP contribution >= 0.6 is 0 Å². The largest absolute Gasteiger partial charge is 0.244 e.